The summed E-state index contributed by atoms with van der Waals surface area (Å²) in [5, 5.41) is 20.6. The fraction of sp³-hybridized carbons (Fsp3) is 0. The normalized spacial score (nSPS) is 9.62. The first-order valence-corrected chi connectivity index (χ1v) is 3.97. The number of nitro benzene ring substituents is 1. The van der Waals surface area contributed by atoms with Gasteiger partial charge >= 0.3 is 0 Å². The van der Waals surface area contributed by atoms with Gasteiger partial charge in [-0.3, -0.25) is 10.1 Å². The van der Waals surface area contributed by atoms with Crippen molar-refractivity contribution in [1.82, 2.24) is 0 Å². The van der Waals surface area contributed by atoms with Gasteiger partial charge in [-0.25, -0.2) is 0 Å². The molecule has 0 spiro atoms. The lowest BCUT2D eigenvalue weighted by Gasteiger charge is -2.03. The first-order valence-electron chi connectivity index (χ1n) is 3.17. The number of halogens is 1. The SMILES string of the molecule is O=C([O-])c1ccc([N+](=O)[O-])cc1Br. The van der Waals surface area contributed by atoms with Gasteiger partial charge in [-0.15, -0.1) is 0 Å². The van der Waals surface area contributed by atoms with Crippen LogP contribution in [0.4, 0.5) is 5.69 Å². The van der Waals surface area contributed by atoms with Crippen LogP contribution in [0.1, 0.15) is 10.4 Å². The third-order valence-electron chi connectivity index (χ3n) is 1.38. The molecule has 1 aromatic rings. The molecule has 0 unspecified atom stereocenters. The van der Waals surface area contributed by atoms with E-state index in [1.54, 1.807) is 0 Å². The summed E-state index contributed by atoms with van der Waals surface area (Å²) < 4.78 is 0.140. The van der Waals surface area contributed by atoms with E-state index in [0.29, 0.717) is 0 Å². The van der Waals surface area contributed by atoms with Crippen LogP contribution in [0, 0.1) is 10.1 Å². The number of nitrogens with zero attached hydrogens (tertiary/aromatic N) is 1. The largest absolute Gasteiger partial charge is 0.545 e. The van der Waals surface area contributed by atoms with Gasteiger partial charge in [0, 0.05) is 22.2 Å². The fourth-order valence-corrected chi connectivity index (χ4v) is 1.31. The van der Waals surface area contributed by atoms with Crippen molar-refractivity contribution in [3.63, 3.8) is 0 Å². The van der Waals surface area contributed by atoms with Gasteiger partial charge in [0.15, 0.2) is 0 Å². The molecule has 1 aromatic carbocycles. The number of carboxylic acids is 1. The van der Waals surface area contributed by atoms with Crippen LogP contribution in [0.15, 0.2) is 22.7 Å². The van der Waals surface area contributed by atoms with Crippen molar-refractivity contribution in [2.75, 3.05) is 0 Å². The highest BCUT2D eigenvalue weighted by atomic mass is 79.9. The first-order chi connectivity index (χ1) is 6.02. The number of rotatable bonds is 2. The van der Waals surface area contributed by atoms with E-state index in [2.05, 4.69) is 15.9 Å². The molecule has 6 heteroatoms. The van der Waals surface area contributed by atoms with Crippen molar-refractivity contribution in [2.24, 2.45) is 0 Å². The highest BCUT2D eigenvalue weighted by Gasteiger charge is 2.08. The lowest BCUT2D eigenvalue weighted by molar-refractivity contribution is -0.384. The lowest BCUT2D eigenvalue weighted by atomic mass is 10.2. The lowest BCUT2D eigenvalue weighted by Crippen LogP contribution is -2.22. The van der Waals surface area contributed by atoms with E-state index in [0.717, 1.165) is 18.2 Å². The molecule has 0 aliphatic rings. The Labute approximate surface area is 81.3 Å². The molecule has 0 aliphatic carbocycles. The predicted molar refractivity (Wildman–Crippen MR) is 45.1 cm³/mol. The van der Waals surface area contributed by atoms with Crippen molar-refractivity contribution in [3.05, 3.63) is 38.3 Å². The maximum atomic E-state index is 10.4. The molecule has 0 atom stereocenters. The number of non-ortho nitro benzene ring substituents is 1. The van der Waals surface area contributed by atoms with Crippen LogP contribution >= 0.6 is 15.9 Å². The molecule has 0 radical (unpaired) electrons. The summed E-state index contributed by atoms with van der Waals surface area (Å²) in [6.45, 7) is 0. The molecule has 0 fully saturated rings. The van der Waals surface area contributed by atoms with Crippen molar-refractivity contribution in [3.8, 4) is 0 Å². The molecule has 0 aromatic heterocycles. The molecule has 0 saturated carbocycles. The van der Waals surface area contributed by atoms with Crippen LogP contribution in [-0.4, -0.2) is 10.9 Å². The molecule has 0 amide bonds. The van der Waals surface area contributed by atoms with Gasteiger partial charge < -0.3 is 9.90 Å². The summed E-state index contributed by atoms with van der Waals surface area (Å²) in [5.74, 6) is -1.37. The summed E-state index contributed by atoms with van der Waals surface area (Å²) in [4.78, 5) is 20.0. The highest BCUT2D eigenvalue weighted by Crippen LogP contribution is 2.22. The van der Waals surface area contributed by atoms with Crippen LogP contribution in [0.2, 0.25) is 0 Å². The minimum absolute atomic E-state index is 0.106. The Morgan fingerprint density at radius 1 is 1.46 bits per heavy atom. The molecule has 68 valence electrons. The monoisotopic (exact) mass is 244 g/mol. The Morgan fingerprint density at radius 2 is 2.08 bits per heavy atom. The zero-order valence-corrected chi connectivity index (χ0v) is 7.78. The minimum atomic E-state index is -1.37. The van der Waals surface area contributed by atoms with Gasteiger partial charge in [-0.2, -0.15) is 0 Å². The maximum absolute atomic E-state index is 10.4. The summed E-state index contributed by atoms with van der Waals surface area (Å²) in [6.07, 6.45) is 0. The molecule has 0 N–H and O–H groups in total. The van der Waals surface area contributed by atoms with E-state index in [-0.39, 0.29) is 15.7 Å². The Bertz CT molecular complexity index is 377. The van der Waals surface area contributed by atoms with Crippen molar-refractivity contribution < 1.29 is 14.8 Å². The summed E-state index contributed by atoms with van der Waals surface area (Å²) in [7, 11) is 0. The quantitative estimate of drug-likeness (QED) is 0.567. The molecule has 1 rings (SSSR count). The third-order valence-corrected chi connectivity index (χ3v) is 2.04. The van der Waals surface area contributed by atoms with Crippen LogP contribution in [0.25, 0.3) is 0 Å². The molecular weight excluding hydrogens is 242 g/mol. The topological polar surface area (TPSA) is 83.3 Å². The zero-order valence-electron chi connectivity index (χ0n) is 6.19. The smallest absolute Gasteiger partial charge is 0.270 e. The van der Waals surface area contributed by atoms with E-state index < -0.39 is 10.9 Å². The molecular formula is C7H3BrNO4-. The van der Waals surface area contributed by atoms with E-state index in [4.69, 9.17) is 0 Å². The Balaban J connectivity index is 3.20. The van der Waals surface area contributed by atoms with Gasteiger partial charge in [0.05, 0.1) is 10.9 Å². The van der Waals surface area contributed by atoms with Gasteiger partial charge in [-0.05, 0) is 22.0 Å². The van der Waals surface area contributed by atoms with Crippen LogP contribution < -0.4 is 5.11 Å². The maximum Gasteiger partial charge on any atom is 0.270 e. The highest BCUT2D eigenvalue weighted by molar-refractivity contribution is 9.10. The van der Waals surface area contributed by atoms with Gasteiger partial charge in [0.2, 0.25) is 0 Å². The second kappa shape index (κ2) is 3.53. The number of hydrogen-bond donors (Lipinski definition) is 0. The number of nitro groups is 1. The fourth-order valence-electron chi connectivity index (χ4n) is 0.783. The number of carbonyl (C=O) groups excluding carboxylic acids is 1. The molecule has 0 heterocycles. The number of benzene rings is 1. The van der Waals surface area contributed by atoms with Gasteiger partial charge in [-0.1, -0.05) is 0 Å². The number of hydrogen-bond acceptors (Lipinski definition) is 4. The molecule has 0 saturated heterocycles. The van der Waals surface area contributed by atoms with E-state index >= 15 is 0 Å². The molecule has 0 bridgehead atoms. The Morgan fingerprint density at radius 3 is 2.46 bits per heavy atom. The van der Waals surface area contributed by atoms with Crippen LogP contribution in [-0.2, 0) is 0 Å². The predicted octanol–water partition coefficient (Wildman–Crippen LogP) is 0.721. The van der Waals surface area contributed by atoms with Crippen LogP contribution in [0.3, 0.4) is 0 Å². The summed E-state index contributed by atoms with van der Waals surface area (Å²) >= 11 is 2.89. The van der Waals surface area contributed by atoms with Gasteiger partial charge in [0.25, 0.3) is 5.69 Å². The summed E-state index contributed by atoms with van der Waals surface area (Å²) in [6, 6.07) is 3.35. The summed E-state index contributed by atoms with van der Waals surface area (Å²) in [5.41, 5.74) is -0.275. The number of aromatic carboxylic acids is 1. The van der Waals surface area contributed by atoms with Crippen molar-refractivity contribution in [1.29, 1.82) is 0 Å². The zero-order chi connectivity index (χ0) is 10.0. The Hall–Kier alpha value is -1.43. The standard InChI is InChI=1S/C7H4BrNO4/c8-6-3-4(9(12)13)1-2-5(6)7(10)11/h1-3H,(H,10,11)/p-1. The molecule has 13 heavy (non-hydrogen) atoms. The number of carboxylic acid groups (broad SMARTS) is 1. The first kappa shape index (κ1) is 9.66. The number of carbonyl (C=O) groups is 1. The average molecular weight is 245 g/mol. The Kier molecular flexibility index (Phi) is 2.62. The average Bonchev–Trinajstić information content (AvgIpc) is 2.03. The van der Waals surface area contributed by atoms with Gasteiger partial charge in [0.1, 0.15) is 0 Å². The van der Waals surface area contributed by atoms with E-state index in [1.807, 2.05) is 0 Å². The second-order valence-corrected chi connectivity index (χ2v) is 3.06. The van der Waals surface area contributed by atoms with Crippen LogP contribution in [0.5, 0.6) is 0 Å². The van der Waals surface area contributed by atoms with E-state index in [9.17, 15) is 20.0 Å². The van der Waals surface area contributed by atoms with E-state index in [1.165, 1.54) is 0 Å². The molecule has 5 nitrogen and oxygen atoms in total. The van der Waals surface area contributed by atoms with Crippen molar-refractivity contribution in [2.45, 2.75) is 0 Å². The minimum Gasteiger partial charge on any atom is -0.545 e. The molecule has 0 aliphatic heterocycles. The van der Waals surface area contributed by atoms with Crippen molar-refractivity contribution >= 4 is 27.6 Å². The third kappa shape index (κ3) is 2.03. The second-order valence-electron chi connectivity index (χ2n) is 2.21.